The number of aromatic nitrogens is 4. The molecule has 1 aliphatic heterocycles. The SMILES string of the molecule is CSS[C@H](C)OC1C[C@H]([n+]2cn(C#CCCC(=O)C(F)(F)F)c3c(N=CN(C)C)ncnc32)O[C@@H]1CO[Si](c1ccccc1)(c1ccccc1)C(C)(C)C. The van der Waals surface area contributed by atoms with Crippen LogP contribution in [-0.2, 0) is 18.7 Å². The molecule has 0 spiro atoms. The van der Waals surface area contributed by atoms with Crippen molar-refractivity contribution in [1.29, 1.82) is 0 Å². The number of Topliss-reactive ketones (excluding diaryl/α,β-unsaturated/α-hetero) is 1. The largest absolute Gasteiger partial charge is 0.450 e. The van der Waals surface area contributed by atoms with Crippen molar-refractivity contribution >= 4 is 69.4 Å². The van der Waals surface area contributed by atoms with Crippen LogP contribution in [-0.4, -0.2) is 90.7 Å². The first kappa shape index (κ1) is 41.4. The number of alkyl halides is 3. The number of fused-ring (bicyclic) bond motifs is 1. The van der Waals surface area contributed by atoms with Crippen molar-refractivity contribution in [3.8, 4) is 12.0 Å². The molecule has 1 saturated heterocycles. The maximum absolute atomic E-state index is 12.8. The van der Waals surface area contributed by atoms with E-state index in [-0.39, 0.29) is 29.6 Å². The van der Waals surface area contributed by atoms with E-state index < -0.39 is 39.0 Å². The zero-order valence-electron chi connectivity index (χ0n) is 31.4. The summed E-state index contributed by atoms with van der Waals surface area (Å²) in [7, 11) is 3.95. The van der Waals surface area contributed by atoms with Crippen LogP contribution < -0.4 is 14.9 Å². The number of aliphatic imine (C=N–C) groups is 1. The highest BCUT2D eigenvalue weighted by Gasteiger charge is 2.52. The molecular weight excluding hydrogens is 754 g/mol. The number of nitrogens with zero attached hydrogens (tertiary/aromatic N) is 6. The maximum atomic E-state index is 12.8. The van der Waals surface area contributed by atoms with Gasteiger partial charge in [0.05, 0.1) is 25.1 Å². The van der Waals surface area contributed by atoms with Crippen LogP contribution in [0.5, 0.6) is 0 Å². The Morgan fingerprint density at radius 1 is 1.13 bits per heavy atom. The first-order valence-electron chi connectivity index (χ1n) is 17.5. The van der Waals surface area contributed by atoms with Gasteiger partial charge in [-0.05, 0) is 28.6 Å². The third-order valence-corrected chi connectivity index (χ3v) is 15.9. The lowest BCUT2D eigenvalue weighted by Crippen LogP contribution is -2.67. The van der Waals surface area contributed by atoms with Crippen LogP contribution >= 0.6 is 21.6 Å². The van der Waals surface area contributed by atoms with Crippen LogP contribution in [0.15, 0.2) is 78.3 Å². The lowest BCUT2D eigenvalue weighted by atomic mass is 10.2. The van der Waals surface area contributed by atoms with Gasteiger partial charge in [-0.2, -0.15) is 22.7 Å². The van der Waals surface area contributed by atoms with Crippen molar-refractivity contribution in [3.05, 3.63) is 73.3 Å². The van der Waals surface area contributed by atoms with Gasteiger partial charge < -0.3 is 18.8 Å². The number of hydrogen-bond acceptors (Lipinski definition) is 9. The smallest absolute Gasteiger partial charge is 0.405 e. The topological polar surface area (TPSA) is 95.0 Å². The minimum atomic E-state index is -4.91. The van der Waals surface area contributed by atoms with E-state index in [2.05, 4.69) is 72.0 Å². The van der Waals surface area contributed by atoms with Gasteiger partial charge >= 0.3 is 11.8 Å². The average Bonchev–Trinajstić information content (AvgIpc) is 3.70. The van der Waals surface area contributed by atoms with Crippen LogP contribution in [0.1, 0.15) is 53.2 Å². The minimum absolute atomic E-state index is 0.145. The molecule has 1 fully saturated rings. The van der Waals surface area contributed by atoms with E-state index in [0.717, 1.165) is 10.4 Å². The van der Waals surface area contributed by atoms with Gasteiger partial charge in [-0.15, -0.1) is 0 Å². The Morgan fingerprint density at radius 3 is 2.35 bits per heavy atom. The summed E-state index contributed by atoms with van der Waals surface area (Å²) in [6, 6.07) is 23.7. The Bertz CT molecular complexity index is 1930. The summed E-state index contributed by atoms with van der Waals surface area (Å²) in [5.41, 5.74) is 0.749. The average molecular weight is 800 g/mol. The molecule has 2 aromatic heterocycles. The van der Waals surface area contributed by atoms with Crippen molar-refractivity contribution < 1.29 is 36.4 Å². The van der Waals surface area contributed by atoms with Crippen molar-refractivity contribution in [2.75, 3.05) is 27.0 Å². The zero-order valence-corrected chi connectivity index (χ0v) is 34.0. The van der Waals surface area contributed by atoms with E-state index in [4.69, 9.17) is 13.9 Å². The van der Waals surface area contributed by atoms with E-state index in [1.54, 1.807) is 39.2 Å². The summed E-state index contributed by atoms with van der Waals surface area (Å²) in [6.07, 6.45) is -0.244. The Morgan fingerprint density at radius 2 is 1.78 bits per heavy atom. The van der Waals surface area contributed by atoms with Gasteiger partial charge in [-0.3, -0.25) is 4.79 Å². The molecule has 4 atom stereocenters. The molecule has 0 aliphatic carbocycles. The van der Waals surface area contributed by atoms with Crippen LogP contribution in [0.25, 0.3) is 11.2 Å². The number of carbonyl (C=O) groups is 1. The highest BCUT2D eigenvalue weighted by atomic mass is 33.1. The molecule has 0 amide bonds. The quantitative estimate of drug-likeness (QED) is 0.0279. The summed E-state index contributed by atoms with van der Waals surface area (Å²) in [5.74, 6) is 1.18. The molecule has 288 valence electrons. The molecule has 2 aromatic carbocycles. The molecule has 16 heteroatoms. The van der Waals surface area contributed by atoms with Crippen molar-refractivity contribution in [2.24, 2.45) is 4.99 Å². The Labute approximate surface area is 323 Å². The van der Waals surface area contributed by atoms with Crippen molar-refractivity contribution in [1.82, 2.24) is 19.4 Å². The number of ketones is 1. The Kier molecular flexibility index (Phi) is 13.7. The van der Waals surface area contributed by atoms with E-state index >= 15 is 0 Å². The molecule has 3 heterocycles. The fraction of sp³-hybridized carbons (Fsp3) is 0.447. The number of carbonyl (C=O) groups excluding carboxylic acids is 1. The van der Waals surface area contributed by atoms with Gasteiger partial charge in [-0.25, -0.2) is 9.56 Å². The molecule has 10 nitrogen and oxygen atoms in total. The molecule has 1 aliphatic rings. The van der Waals surface area contributed by atoms with Gasteiger partial charge in [0.15, 0.2) is 12.6 Å². The summed E-state index contributed by atoms with van der Waals surface area (Å²) >= 11 is 0. The second-order valence-corrected chi connectivity index (χ2v) is 21.1. The van der Waals surface area contributed by atoms with Crippen molar-refractivity contribution in [3.63, 3.8) is 0 Å². The standard InChI is InChI=1S/C38H46F3N6O4S2Si/c1-27(53-52-7)50-30-22-33(51-31(30)23-49-54(37(2,3)4,28-16-10-8-11-17-28)29-18-12-9-13-19-29)47-26-46(21-15-14-20-32(48)38(39,40)41)34-35(44-25-45(5)6)42-24-43-36(34)47/h8-13,16-19,24-27,30-31,33H,14,20,22-23H2,1-7H3/q+1/t27-,30?,31-,33-/m1/s1. The number of hydrogen-bond donors (Lipinski definition) is 0. The zero-order chi connectivity index (χ0) is 39.1. The first-order chi connectivity index (χ1) is 25.7. The summed E-state index contributed by atoms with van der Waals surface area (Å²) in [6.45, 7) is 8.94. The monoisotopic (exact) mass is 799 g/mol. The number of benzene rings is 2. The third-order valence-electron chi connectivity index (χ3n) is 8.88. The fourth-order valence-corrected chi connectivity index (χ4v) is 12.5. The summed E-state index contributed by atoms with van der Waals surface area (Å²) < 4.78 is 62.7. The van der Waals surface area contributed by atoms with E-state index in [1.807, 2.05) is 68.2 Å². The molecule has 5 rings (SSSR count). The Hall–Kier alpha value is -3.72. The summed E-state index contributed by atoms with van der Waals surface area (Å²) in [4.78, 5) is 26.7. The molecule has 0 N–H and O–H groups in total. The van der Waals surface area contributed by atoms with E-state index in [0.29, 0.717) is 23.4 Å². The van der Waals surface area contributed by atoms with Crippen LogP contribution in [0.3, 0.4) is 0 Å². The molecule has 1 unspecified atom stereocenters. The number of halogens is 3. The molecule has 54 heavy (non-hydrogen) atoms. The number of imidazole rings is 1. The molecule has 4 aromatic rings. The molecular formula is C38H46F3N6O4S2Si+. The second-order valence-electron chi connectivity index (χ2n) is 14.0. The molecule has 0 bridgehead atoms. The van der Waals surface area contributed by atoms with Gasteiger partial charge in [0.1, 0.15) is 11.5 Å². The number of ether oxygens (including phenoxy) is 2. The number of rotatable bonds is 14. The van der Waals surface area contributed by atoms with Crippen LogP contribution in [0, 0.1) is 12.0 Å². The molecule has 0 radical (unpaired) electrons. The molecule has 0 saturated carbocycles. The van der Waals surface area contributed by atoms with Crippen LogP contribution in [0.4, 0.5) is 19.0 Å². The lowest BCUT2D eigenvalue weighted by Gasteiger charge is -2.43. The predicted octanol–water partition coefficient (Wildman–Crippen LogP) is 6.27. The van der Waals surface area contributed by atoms with E-state index in [1.165, 1.54) is 10.9 Å². The second kappa shape index (κ2) is 17.8. The fourth-order valence-electron chi connectivity index (χ4n) is 6.56. The van der Waals surface area contributed by atoms with Gasteiger partial charge in [0.25, 0.3) is 8.32 Å². The Balaban J connectivity index is 1.54. The highest BCUT2D eigenvalue weighted by molar-refractivity contribution is 8.76. The van der Waals surface area contributed by atoms with Gasteiger partial charge in [0, 0.05) is 33.4 Å². The van der Waals surface area contributed by atoms with E-state index in [9.17, 15) is 18.0 Å². The minimum Gasteiger partial charge on any atom is -0.405 e. The third kappa shape index (κ3) is 9.55. The normalized spacial score (nSPS) is 18.5. The van der Waals surface area contributed by atoms with Crippen molar-refractivity contribution in [2.45, 2.75) is 82.0 Å². The lowest BCUT2D eigenvalue weighted by molar-refractivity contribution is -0.739. The highest BCUT2D eigenvalue weighted by Crippen LogP contribution is 2.39. The van der Waals surface area contributed by atoms with Gasteiger partial charge in [-0.1, -0.05) is 114 Å². The van der Waals surface area contributed by atoms with Gasteiger partial charge in [0.2, 0.25) is 23.4 Å². The predicted molar refractivity (Wildman–Crippen MR) is 211 cm³/mol. The first-order valence-corrected chi connectivity index (χ1v) is 22.0. The summed E-state index contributed by atoms with van der Waals surface area (Å²) in [5, 5.41) is 2.05. The maximum Gasteiger partial charge on any atom is 0.450 e. The van der Waals surface area contributed by atoms with Crippen LogP contribution in [0.2, 0.25) is 5.04 Å².